The molecule has 1 heterocycles. The van der Waals surface area contributed by atoms with E-state index in [9.17, 15) is 13.2 Å². The number of nitrogens with one attached hydrogen (secondary N) is 2. The summed E-state index contributed by atoms with van der Waals surface area (Å²) in [5, 5.41) is 2.83. The number of carbonyl (C=O) groups excluding carboxylic acids is 1. The van der Waals surface area contributed by atoms with E-state index in [0.29, 0.717) is 11.3 Å². The molecule has 1 atom stereocenters. The zero-order chi connectivity index (χ0) is 23.3. The van der Waals surface area contributed by atoms with E-state index in [2.05, 4.69) is 18.8 Å². The number of hydrogen-bond donors (Lipinski definition) is 2. The maximum Gasteiger partial charge on any atom is 0.243 e. The van der Waals surface area contributed by atoms with Crippen LogP contribution in [0.1, 0.15) is 11.1 Å². The van der Waals surface area contributed by atoms with Gasteiger partial charge in [-0.2, -0.15) is 13.5 Å². The Balaban J connectivity index is 1.59. The SMILES string of the molecule is COc1ccccc1CNC(=O)[C@H](Cc1ccccc1)NS(=O)(=O)c1cccc2nsnc12. The summed E-state index contributed by atoms with van der Waals surface area (Å²) in [4.78, 5) is 13.1. The number of amides is 1. The molecule has 170 valence electrons. The Bertz CT molecular complexity index is 1360. The molecular formula is C23H22N4O4S2. The van der Waals surface area contributed by atoms with Gasteiger partial charge in [0.15, 0.2) is 0 Å². The Kier molecular flexibility index (Phi) is 6.97. The van der Waals surface area contributed by atoms with Crippen LogP contribution in [0.15, 0.2) is 77.7 Å². The molecule has 1 amide bonds. The minimum atomic E-state index is -4.05. The van der Waals surface area contributed by atoms with Crippen molar-refractivity contribution in [3.63, 3.8) is 0 Å². The molecule has 0 saturated carbocycles. The van der Waals surface area contributed by atoms with Crippen LogP contribution in [0.3, 0.4) is 0 Å². The van der Waals surface area contributed by atoms with E-state index >= 15 is 0 Å². The molecular weight excluding hydrogens is 460 g/mol. The van der Waals surface area contributed by atoms with Crippen molar-refractivity contribution in [2.75, 3.05) is 7.11 Å². The van der Waals surface area contributed by atoms with Crippen molar-refractivity contribution < 1.29 is 17.9 Å². The van der Waals surface area contributed by atoms with Crippen molar-refractivity contribution in [2.45, 2.75) is 23.9 Å². The highest BCUT2D eigenvalue weighted by Crippen LogP contribution is 2.22. The Labute approximate surface area is 196 Å². The van der Waals surface area contributed by atoms with E-state index in [-0.39, 0.29) is 23.4 Å². The van der Waals surface area contributed by atoms with Crippen LogP contribution < -0.4 is 14.8 Å². The predicted molar refractivity (Wildman–Crippen MR) is 127 cm³/mol. The summed E-state index contributed by atoms with van der Waals surface area (Å²) in [5.41, 5.74) is 2.38. The Morgan fingerprint density at radius 2 is 1.76 bits per heavy atom. The van der Waals surface area contributed by atoms with Crippen LogP contribution in [0.5, 0.6) is 5.75 Å². The minimum absolute atomic E-state index is 0.00987. The number of benzene rings is 3. The van der Waals surface area contributed by atoms with Gasteiger partial charge in [0.05, 0.1) is 18.8 Å². The number of fused-ring (bicyclic) bond motifs is 1. The lowest BCUT2D eigenvalue weighted by atomic mass is 10.1. The number of sulfonamides is 1. The van der Waals surface area contributed by atoms with Crippen LogP contribution in [0.25, 0.3) is 11.0 Å². The number of methoxy groups -OCH3 is 1. The molecule has 0 radical (unpaired) electrons. The van der Waals surface area contributed by atoms with Gasteiger partial charge in [-0.15, -0.1) is 0 Å². The van der Waals surface area contributed by atoms with Crippen molar-refractivity contribution in [2.24, 2.45) is 0 Å². The maximum absolute atomic E-state index is 13.2. The van der Waals surface area contributed by atoms with E-state index in [1.165, 1.54) is 6.07 Å². The van der Waals surface area contributed by atoms with Gasteiger partial charge in [0.25, 0.3) is 0 Å². The van der Waals surface area contributed by atoms with Crippen molar-refractivity contribution in [1.29, 1.82) is 0 Å². The first-order chi connectivity index (χ1) is 16.0. The van der Waals surface area contributed by atoms with Gasteiger partial charge < -0.3 is 10.1 Å². The quantitative estimate of drug-likeness (QED) is 0.380. The van der Waals surface area contributed by atoms with Crippen molar-refractivity contribution in [3.05, 3.63) is 83.9 Å². The van der Waals surface area contributed by atoms with E-state index in [0.717, 1.165) is 22.9 Å². The average Bonchev–Trinajstić information content (AvgIpc) is 3.31. The first-order valence-corrected chi connectivity index (χ1v) is 12.4. The van der Waals surface area contributed by atoms with Crippen LogP contribution in [0.2, 0.25) is 0 Å². The van der Waals surface area contributed by atoms with Gasteiger partial charge in [0, 0.05) is 12.1 Å². The molecule has 0 unspecified atom stereocenters. The topological polar surface area (TPSA) is 110 Å². The Morgan fingerprint density at radius 3 is 2.55 bits per heavy atom. The Morgan fingerprint density at radius 1 is 1.00 bits per heavy atom. The highest BCUT2D eigenvalue weighted by molar-refractivity contribution is 7.89. The summed E-state index contributed by atoms with van der Waals surface area (Å²) in [6.07, 6.45) is 0.184. The monoisotopic (exact) mass is 482 g/mol. The van der Waals surface area contributed by atoms with Crippen LogP contribution in [0, 0.1) is 0 Å². The number of ether oxygens (including phenoxy) is 1. The van der Waals surface area contributed by atoms with Crippen LogP contribution in [-0.2, 0) is 27.8 Å². The molecule has 1 aromatic heterocycles. The normalized spacial score (nSPS) is 12.4. The van der Waals surface area contributed by atoms with E-state index in [4.69, 9.17) is 4.74 Å². The summed E-state index contributed by atoms with van der Waals surface area (Å²) in [6.45, 7) is 0.196. The lowest BCUT2D eigenvalue weighted by Crippen LogP contribution is -2.47. The summed E-state index contributed by atoms with van der Waals surface area (Å²) >= 11 is 0.937. The van der Waals surface area contributed by atoms with Gasteiger partial charge >= 0.3 is 0 Å². The minimum Gasteiger partial charge on any atom is -0.496 e. The molecule has 2 N–H and O–H groups in total. The summed E-state index contributed by atoms with van der Waals surface area (Å²) in [6, 6.07) is 20.3. The molecule has 0 spiro atoms. The van der Waals surface area contributed by atoms with Gasteiger partial charge in [-0.05, 0) is 30.2 Å². The first kappa shape index (κ1) is 22.8. The van der Waals surface area contributed by atoms with Crippen molar-refractivity contribution in [3.8, 4) is 5.75 Å². The van der Waals surface area contributed by atoms with Gasteiger partial charge in [-0.1, -0.05) is 54.6 Å². The second-order valence-electron chi connectivity index (χ2n) is 7.28. The molecule has 0 aliphatic heterocycles. The highest BCUT2D eigenvalue weighted by Gasteiger charge is 2.28. The molecule has 0 aliphatic carbocycles. The molecule has 0 fully saturated rings. The predicted octanol–water partition coefficient (Wildman–Crippen LogP) is 2.91. The second kappa shape index (κ2) is 10.1. The third kappa shape index (κ3) is 5.36. The van der Waals surface area contributed by atoms with Gasteiger partial charge in [0.1, 0.15) is 27.7 Å². The third-order valence-corrected chi connectivity index (χ3v) is 7.13. The van der Waals surface area contributed by atoms with E-state index in [1.807, 2.05) is 48.5 Å². The number of carbonyl (C=O) groups is 1. The molecule has 3 aromatic carbocycles. The molecule has 10 heteroatoms. The van der Waals surface area contributed by atoms with E-state index in [1.54, 1.807) is 25.3 Å². The van der Waals surface area contributed by atoms with Crippen LogP contribution >= 0.6 is 11.7 Å². The fourth-order valence-corrected chi connectivity index (χ4v) is 5.40. The molecule has 8 nitrogen and oxygen atoms in total. The lowest BCUT2D eigenvalue weighted by molar-refractivity contribution is -0.122. The van der Waals surface area contributed by atoms with Crippen molar-refractivity contribution >= 4 is 38.7 Å². The van der Waals surface area contributed by atoms with Crippen LogP contribution in [0.4, 0.5) is 0 Å². The standard InChI is InChI=1S/C23H22N4O4S2/c1-31-20-12-6-5-10-17(20)15-24-23(28)19(14-16-8-3-2-4-9-16)27-33(29,30)21-13-7-11-18-22(21)26-32-25-18/h2-13,19,27H,14-15H2,1H3,(H,24,28)/t19-/m0/s1. The summed E-state index contributed by atoms with van der Waals surface area (Å²) in [5.74, 6) is 0.192. The van der Waals surface area contributed by atoms with Crippen LogP contribution in [-0.4, -0.2) is 36.2 Å². The number of para-hydroxylation sites is 1. The third-order valence-electron chi connectivity index (χ3n) is 5.08. The average molecular weight is 483 g/mol. The zero-order valence-corrected chi connectivity index (χ0v) is 19.4. The number of aromatic nitrogens is 2. The summed E-state index contributed by atoms with van der Waals surface area (Å²) in [7, 11) is -2.49. The molecule has 0 bridgehead atoms. The Hall–Kier alpha value is -3.34. The largest absolute Gasteiger partial charge is 0.496 e. The molecule has 0 saturated heterocycles. The van der Waals surface area contributed by atoms with E-state index < -0.39 is 22.0 Å². The van der Waals surface area contributed by atoms with Gasteiger partial charge in [0.2, 0.25) is 15.9 Å². The zero-order valence-electron chi connectivity index (χ0n) is 17.8. The number of rotatable bonds is 9. The lowest BCUT2D eigenvalue weighted by Gasteiger charge is -2.19. The fraction of sp³-hybridized carbons (Fsp3) is 0.174. The second-order valence-corrected chi connectivity index (χ2v) is 9.49. The first-order valence-electron chi connectivity index (χ1n) is 10.1. The summed E-state index contributed by atoms with van der Waals surface area (Å²) < 4.78 is 42.6. The fourth-order valence-electron chi connectivity index (χ4n) is 3.44. The molecule has 4 aromatic rings. The maximum atomic E-state index is 13.2. The molecule has 4 rings (SSSR count). The molecule has 33 heavy (non-hydrogen) atoms. The number of hydrogen-bond acceptors (Lipinski definition) is 7. The molecule has 0 aliphatic rings. The highest BCUT2D eigenvalue weighted by atomic mass is 32.2. The van der Waals surface area contributed by atoms with Gasteiger partial charge in [-0.3, -0.25) is 4.79 Å². The van der Waals surface area contributed by atoms with Crippen molar-refractivity contribution in [1.82, 2.24) is 18.8 Å². The van der Waals surface area contributed by atoms with Gasteiger partial charge in [-0.25, -0.2) is 8.42 Å². The number of nitrogens with zero attached hydrogens (tertiary/aromatic N) is 2. The smallest absolute Gasteiger partial charge is 0.243 e.